The van der Waals surface area contributed by atoms with Crippen molar-refractivity contribution in [1.82, 2.24) is 15.1 Å². The van der Waals surface area contributed by atoms with E-state index in [9.17, 15) is 9.59 Å². The van der Waals surface area contributed by atoms with Gasteiger partial charge in [-0.1, -0.05) is 6.92 Å². The molecule has 0 aliphatic carbocycles. The number of aliphatic carboxylic acids is 1. The first-order valence-electron chi connectivity index (χ1n) is 7.57. The van der Waals surface area contributed by atoms with E-state index in [1.807, 2.05) is 27.8 Å². The molecule has 2 N–H and O–H groups in total. The van der Waals surface area contributed by atoms with E-state index in [4.69, 9.17) is 5.11 Å². The van der Waals surface area contributed by atoms with E-state index in [1.54, 1.807) is 4.90 Å². The van der Waals surface area contributed by atoms with Gasteiger partial charge in [0.15, 0.2) is 0 Å². The second kappa shape index (κ2) is 8.87. The van der Waals surface area contributed by atoms with Crippen LogP contribution in [0.25, 0.3) is 0 Å². The number of amides is 2. The van der Waals surface area contributed by atoms with Crippen LogP contribution in [0.3, 0.4) is 0 Å². The standard InChI is InChI=1S/C15H31N3O3/c1-7-12(2)17(6)11-9-16-14(21)18(15(3,4)5)10-8-13(19)20/h12H,7-11H2,1-6H3,(H,16,21)(H,19,20). The molecule has 0 radical (unpaired) electrons. The molecule has 0 heterocycles. The highest BCUT2D eigenvalue weighted by Gasteiger charge is 2.26. The lowest BCUT2D eigenvalue weighted by atomic mass is 10.1. The average molecular weight is 301 g/mol. The minimum atomic E-state index is -0.895. The van der Waals surface area contributed by atoms with Gasteiger partial charge in [-0.05, 0) is 41.2 Å². The third kappa shape index (κ3) is 7.90. The van der Waals surface area contributed by atoms with Crippen molar-refractivity contribution in [2.75, 3.05) is 26.7 Å². The molecular weight excluding hydrogens is 270 g/mol. The van der Waals surface area contributed by atoms with Crippen molar-refractivity contribution in [2.24, 2.45) is 0 Å². The number of likely N-dealkylation sites (N-methyl/N-ethyl adjacent to an activating group) is 1. The van der Waals surface area contributed by atoms with Gasteiger partial charge in [0.2, 0.25) is 0 Å². The minimum Gasteiger partial charge on any atom is -0.481 e. The molecule has 0 aromatic carbocycles. The summed E-state index contributed by atoms with van der Waals surface area (Å²) in [5.41, 5.74) is -0.401. The Bertz CT molecular complexity index is 340. The lowest BCUT2D eigenvalue weighted by Crippen LogP contribution is -2.52. The molecule has 1 atom stereocenters. The Labute approximate surface area is 128 Å². The van der Waals surface area contributed by atoms with Gasteiger partial charge >= 0.3 is 12.0 Å². The Hall–Kier alpha value is -1.30. The third-order valence-electron chi connectivity index (χ3n) is 3.69. The Morgan fingerprint density at radius 3 is 2.24 bits per heavy atom. The predicted molar refractivity (Wildman–Crippen MR) is 84.5 cm³/mol. The van der Waals surface area contributed by atoms with Gasteiger partial charge in [-0.25, -0.2) is 4.79 Å². The number of nitrogens with one attached hydrogen (secondary N) is 1. The zero-order chi connectivity index (χ0) is 16.6. The number of carbonyl (C=O) groups excluding carboxylic acids is 1. The van der Waals surface area contributed by atoms with Crippen LogP contribution in [0.15, 0.2) is 0 Å². The monoisotopic (exact) mass is 301 g/mol. The Kier molecular flexibility index (Phi) is 8.32. The summed E-state index contributed by atoms with van der Waals surface area (Å²) in [6.45, 7) is 11.5. The zero-order valence-corrected chi connectivity index (χ0v) is 14.3. The van der Waals surface area contributed by atoms with Crippen LogP contribution in [0.1, 0.15) is 47.5 Å². The number of rotatable bonds is 8. The van der Waals surface area contributed by atoms with Gasteiger partial charge < -0.3 is 20.2 Å². The molecule has 6 heteroatoms. The topological polar surface area (TPSA) is 72.9 Å². The summed E-state index contributed by atoms with van der Waals surface area (Å²) in [6, 6.07) is 0.272. The molecule has 0 spiro atoms. The number of carboxylic acid groups (broad SMARTS) is 1. The Morgan fingerprint density at radius 2 is 1.81 bits per heavy atom. The molecule has 0 fully saturated rings. The minimum absolute atomic E-state index is 0.0442. The fourth-order valence-electron chi connectivity index (χ4n) is 1.92. The fraction of sp³-hybridized carbons (Fsp3) is 0.867. The maximum Gasteiger partial charge on any atom is 0.317 e. The Morgan fingerprint density at radius 1 is 1.24 bits per heavy atom. The molecule has 0 rings (SSSR count). The number of carboxylic acids is 1. The van der Waals surface area contributed by atoms with Crippen molar-refractivity contribution in [1.29, 1.82) is 0 Å². The van der Waals surface area contributed by atoms with Crippen LogP contribution in [-0.4, -0.2) is 65.2 Å². The quantitative estimate of drug-likeness (QED) is 0.719. The number of hydrogen-bond acceptors (Lipinski definition) is 3. The van der Waals surface area contributed by atoms with Crippen molar-refractivity contribution in [3.63, 3.8) is 0 Å². The van der Waals surface area contributed by atoms with Crippen LogP contribution in [0.2, 0.25) is 0 Å². The average Bonchev–Trinajstić information content (AvgIpc) is 2.35. The van der Waals surface area contributed by atoms with Crippen LogP contribution in [-0.2, 0) is 4.79 Å². The smallest absolute Gasteiger partial charge is 0.317 e. The molecule has 0 saturated carbocycles. The first kappa shape index (κ1) is 19.7. The van der Waals surface area contributed by atoms with E-state index >= 15 is 0 Å². The maximum atomic E-state index is 12.2. The van der Waals surface area contributed by atoms with E-state index in [0.29, 0.717) is 12.6 Å². The molecule has 124 valence electrons. The van der Waals surface area contributed by atoms with E-state index in [0.717, 1.165) is 13.0 Å². The summed E-state index contributed by atoms with van der Waals surface area (Å²) < 4.78 is 0. The van der Waals surface area contributed by atoms with Crippen molar-refractivity contribution < 1.29 is 14.7 Å². The molecule has 1 unspecified atom stereocenters. The summed E-state index contributed by atoms with van der Waals surface area (Å²) in [5.74, 6) is -0.895. The summed E-state index contributed by atoms with van der Waals surface area (Å²) >= 11 is 0. The largest absolute Gasteiger partial charge is 0.481 e. The van der Waals surface area contributed by atoms with Gasteiger partial charge in [-0.15, -0.1) is 0 Å². The van der Waals surface area contributed by atoms with Crippen LogP contribution in [0.4, 0.5) is 4.79 Å². The third-order valence-corrected chi connectivity index (χ3v) is 3.69. The van der Waals surface area contributed by atoms with Gasteiger partial charge in [0, 0.05) is 31.2 Å². The molecule has 0 aromatic rings. The van der Waals surface area contributed by atoms with Gasteiger partial charge in [0.25, 0.3) is 0 Å². The molecule has 0 saturated heterocycles. The number of carbonyl (C=O) groups is 2. The van der Waals surface area contributed by atoms with Crippen LogP contribution in [0, 0.1) is 0 Å². The molecule has 2 amide bonds. The lowest BCUT2D eigenvalue weighted by Gasteiger charge is -2.35. The fourth-order valence-corrected chi connectivity index (χ4v) is 1.92. The molecule has 0 bridgehead atoms. The summed E-state index contributed by atoms with van der Waals surface area (Å²) in [5, 5.41) is 11.7. The molecule has 0 aliphatic rings. The van der Waals surface area contributed by atoms with Crippen molar-refractivity contribution in [3.05, 3.63) is 0 Å². The van der Waals surface area contributed by atoms with Gasteiger partial charge in [-0.3, -0.25) is 4.79 Å². The first-order chi connectivity index (χ1) is 9.59. The molecule has 21 heavy (non-hydrogen) atoms. The van der Waals surface area contributed by atoms with Gasteiger partial charge in [0.1, 0.15) is 0 Å². The van der Waals surface area contributed by atoms with Crippen LogP contribution < -0.4 is 5.32 Å². The SMILES string of the molecule is CCC(C)N(C)CCNC(=O)N(CCC(=O)O)C(C)(C)C. The molecule has 6 nitrogen and oxygen atoms in total. The van der Waals surface area contributed by atoms with E-state index < -0.39 is 11.5 Å². The Balaban J connectivity index is 4.39. The first-order valence-corrected chi connectivity index (χ1v) is 7.57. The van der Waals surface area contributed by atoms with Crippen LogP contribution in [0.5, 0.6) is 0 Å². The zero-order valence-electron chi connectivity index (χ0n) is 14.3. The number of hydrogen-bond donors (Lipinski definition) is 2. The van der Waals surface area contributed by atoms with Crippen LogP contribution >= 0.6 is 0 Å². The molecule has 0 aromatic heterocycles. The molecular formula is C15H31N3O3. The normalized spacial score (nSPS) is 13.1. The lowest BCUT2D eigenvalue weighted by molar-refractivity contribution is -0.137. The highest BCUT2D eigenvalue weighted by molar-refractivity contribution is 5.76. The van der Waals surface area contributed by atoms with Crippen molar-refractivity contribution in [3.8, 4) is 0 Å². The second-order valence-electron chi connectivity index (χ2n) is 6.44. The summed E-state index contributed by atoms with van der Waals surface area (Å²) in [6.07, 6.45) is 1.02. The van der Waals surface area contributed by atoms with Gasteiger partial charge in [-0.2, -0.15) is 0 Å². The molecule has 0 aliphatic heterocycles. The van der Waals surface area contributed by atoms with E-state index in [2.05, 4.69) is 24.1 Å². The van der Waals surface area contributed by atoms with Crippen molar-refractivity contribution in [2.45, 2.75) is 59.0 Å². The number of urea groups is 1. The highest BCUT2D eigenvalue weighted by atomic mass is 16.4. The second-order valence-corrected chi connectivity index (χ2v) is 6.44. The summed E-state index contributed by atoms with van der Waals surface area (Å²) in [7, 11) is 2.03. The maximum absolute atomic E-state index is 12.2. The van der Waals surface area contributed by atoms with Gasteiger partial charge in [0.05, 0.1) is 6.42 Å². The highest BCUT2D eigenvalue weighted by Crippen LogP contribution is 2.13. The van der Waals surface area contributed by atoms with E-state index in [1.165, 1.54) is 0 Å². The van der Waals surface area contributed by atoms with E-state index in [-0.39, 0.29) is 19.0 Å². The summed E-state index contributed by atoms with van der Waals surface area (Å²) in [4.78, 5) is 26.7. The number of nitrogens with zero attached hydrogens (tertiary/aromatic N) is 2. The predicted octanol–water partition coefficient (Wildman–Crippen LogP) is 2.00. The van der Waals surface area contributed by atoms with Crippen molar-refractivity contribution >= 4 is 12.0 Å².